The van der Waals surface area contributed by atoms with E-state index in [2.05, 4.69) is 30.4 Å². The lowest BCUT2D eigenvalue weighted by molar-refractivity contribution is 0.664. The van der Waals surface area contributed by atoms with Gasteiger partial charge < -0.3 is 5.32 Å². The van der Waals surface area contributed by atoms with Gasteiger partial charge in [0.15, 0.2) is 0 Å². The molecule has 7 nitrogen and oxygen atoms in total. The van der Waals surface area contributed by atoms with Crippen molar-refractivity contribution in [1.82, 2.24) is 29.8 Å². The molecule has 0 spiro atoms. The van der Waals surface area contributed by atoms with E-state index < -0.39 is 0 Å². The molecule has 2 aromatic heterocycles. The lowest BCUT2D eigenvalue weighted by Crippen LogP contribution is -1.98. The summed E-state index contributed by atoms with van der Waals surface area (Å²) in [4.78, 5) is 0. The molecule has 0 radical (unpaired) electrons. The molecule has 0 amide bonds. The van der Waals surface area contributed by atoms with Crippen LogP contribution in [-0.4, -0.2) is 36.3 Å². The number of thioether (sulfide) groups is 1. The van der Waals surface area contributed by atoms with Crippen molar-refractivity contribution < 1.29 is 0 Å². The van der Waals surface area contributed by atoms with E-state index in [-0.39, 0.29) is 0 Å². The molecule has 0 unspecified atom stereocenters. The molecule has 0 saturated heterocycles. The second-order valence-electron chi connectivity index (χ2n) is 2.95. The minimum absolute atomic E-state index is 0.715. The third-order valence-electron chi connectivity index (χ3n) is 1.81. The number of hydrogen-bond donors (Lipinski definition) is 1. The topological polar surface area (TPSA) is 81.4 Å². The highest BCUT2D eigenvalue weighted by Crippen LogP contribution is 2.25. The summed E-state index contributed by atoms with van der Waals surface area (Å²) in [5, 5.41) is 20.3. The summed E-state index contributed by atoms with van der Waals surface area (Å²) in [5.74, 6) is 0.715. The first-order valence-corrected chi connectivity index (χ1v) is 6.47. The molecule has 2 rings (SSSR count). The van der Waals surface area contributed by atoms with Crippen molar-refractivity contribution in [2.24, 2.45) is 7.05 Å². The summed E-state index contributed by atoms with van der Waals surface area (Å²) in [6.07, 6.45) is 0. The van der Waals surface area contributed by atoms with Crippen molar-refractivity contribution in [1.29, 1.82) is 0 Å². The fourth-order valence-electron chi connectivity index (χ4n) is 1.07. The van der Waals surface area contributed by atoms with Gasteiger partial charge >= 0.3 is 0 Å². The van der Waals surface area contributed by atoms with Gasteiger partial charge in [0.1, 0.15) is 10.7 Å². The molecule has 9 heteroatoms. The molecule has 0 bridgehead atoms. The van der Waals surface area contributed by atoms with Gasteiger partial charge in [-0.05, 0) is 17.4 Å². The Kier molecular flexibility index (Phi) is 3.67. The van der Waals surface area contributed by atoms with Gasteiger partial charge in [0, 0.05) is 30.9 Å². The number of hydrogen-bond acceptors (Lipinski definition) is 8. The molecule has 0 aliphatic carbocycles. The number of tetrazole rings is 1. The molecular formula is C7H11N7S2. The lowest BCUT2D eigenvalue weighted by atomic mass is 10.5. The molecular weight excluding hydrogens is 246 g/mol. The summed E-state index contributed by atoms with van der Waals surface area (Å²) in [7, 11) is 1.81. The smallest absolute Gasteiger partial charge is 0.209 e. The molecule has 0 aromatic carbocycles. The van der Waals surface area contributed by atoms with Crippen LogP contribution < -0.4 is 5.32 Å². The van der Waals surface area contributed by atoms with Crippen LogP contribution in [0.2, 0.25) is 0 Å². The maximum absolute atomic E-state index is 4.07. The van der Waals surface area contributed by atoms with E-state index in [9.17, 15) is 0 Å². The normalized spacial score (nSPS) is 10.6. The predicted molar refractivity (Wildman–Crippen MR) is 62.4 cm³/mol. The van der Waals surface area contributed by atoms with Crippen LogP contribution in [0.15, 0.2) is 5.16 Å². The van der Waals surface area contributed by atoms with Gasteiger partial charge in [0.05, 0.1) is 0 Å². The predicted octanol–water partition coefficient (Wildman–Crippen LogP) is 0.786. The van der Waals surface area contributed by atoms with Gasteiger partial charge in [0.25, 0.3) is 0 Å². The maximum Gasteiger partial charge on any atom is 0.209 e. The van der Waals surface area contributed by atoms with Crippen LogP contribution in [0.1, 0.15) is 12.6 Å². The molecule has 1 N–H and O–H groups in total. The monoisotopic (exact) mass is 257 g/mol. The van der Waals surface area contributed by atoms with E-state index in [1.54, 1.807) is 16.4 Å². The molecule has 0 fully saturated rings. The average molecular weight is 257 g/mol. The van der Waals surface area contributed by atoms with Crippen molar-refractivity contribution in [3.05, 3.63) is 5.69 Å². The van der Waals surface area contributed by atoms with Crippen molar-refractivity contribution in [2.75, 3.05) is 11.9 Å². The minimum atomic E-state index is 0.715. The fraction of sp³-hybridized carbons (Fsp3) is 0.571. The second kappa shape index (κ2) is 5.21. The van der Waals surface area contributed by atoms with Gasteiger partial charge in [0.2, 0.25) is 5.16 Å². The standard InChI is InChI=1S/C7H11N7S2/c1-3-8-6-5(9-13-16-6)4-15-7-10-11-12-14(7)2/h8H,3-4H2,1-2H3. The van der Waals surface area contributed by atoms with Crippen LogP contribution in [-0.2, 0) is 12.8 Å². The molecule has 16 heavy (non-hydrogen) atoms. The zero-order valence-electron chi connectivity index (χ0n) is 8.91. The Morgan fingerprint density at radius 2 is 2.31 bits per heavy atom. The number of nitrogens with one attached hydrogen (secondary N) is 1. The summed E-state index contributed by atoms with van der Waals surface area (Å²) >= 11 is 2.91. The summed E-state index contributed by atoms with van der Waals surface area (Å²) in [5.41, 5.74) is 0.944. The highest BCUT2D eigenvalue weighted by molar-refractivity contribution is 7.98. The van der Waals surface area contributed by atoms with Crippen LogP contribution in [0, 0.1) is 0 Å². The fourth-order valence-corrected chi connectivity index (χ4v) is 2.60. The average Bonchev–Trinajstić information content (AvgIpc) is 2.86. The van der Waals surface area contributed by atoms with Gasteiger partial charge in [-0.2, -0.15) is 0 Å². The summed E-state index contributed by atoms with van der Waals surface area (Å²) in [6, 6.07) is 0. The number of nitrogens with zero attached hydrogens (tertiary/aromatic N) is 6. The highest BCUT2D eigenvalue weighted by Gasteiger charge is 2.10. The highest BCUT2D eigenvalue weighted by atomic mass is 32.2. The number of aromatic nitrogens is 6. The van der Waals surface area contributed by atoms with Crippen LogP contribution in [0.3, 0.4) is 0 Å². The van der Waals surface area contributed by atoms with Crippen LogP contribution in [0.25, 0.3) is 0 Å². The molecule has 0 saturated carbocycles. The third-order valence-corrected chi connectivity index (χ3v) is 3.56. The Morgan fingerprint density at radius 1 is 1.44 bits per heavy atom. The zero-order valence-corrected chi connectivity index (χ0v) is 10.5. The number of rotatable bonds is 5. The first-order valence-electron chi connectivity index (χ1n) is 4.71. The molecule has 0 aliphatic heterocycles. The van der Waals surface area contributed by atoms with E-state index in [0.29, 0.717) is 5.75 Å². The Hall–Kier alpha value is -1.22. The Morgan fingerprint density at radius 3 is 3.00 bits per heavy atom. The van der Waals surface area contributed by atoms with Gasteiger partial charge in [-0.25, -0.2) is 4.68 Å². The number of anilines is 1. The van der Waals surface area contributed by atoms with Crippen molar-refractivity contribution in [3.8, 4) is 0 Å². The van der Waals surface area contributed by atoms with Crippen LogP contribution >= 0.6 is 23.3 Å². The molecule has 86 valence electrons. The van der Waals surface area contributed by atoms with Crippen molar-refractivity contribution in [3.63, 3.8) is 0 Å². The zero-order chi connectivity index (χ0) is 11.4. The SMILES string of the molecule is CCNc1snnc1CSc1nnnn1C. The van der Waals surface area contributed by atoms with Gasteiger partial charge in [-0.1, -0.05) is 16.3 Å². The summed E-state index contributed by atoms with van der Waals surface area (Å²) in [6.45, 7) is 2.91. The Bertz CT molecular complexity index is 451. The van der Waals surface area contributed by atoms with Gasteiger partial charge in [-0.3, -0.25) is 0 Å². The van der Waals surface area contributed by atoms with Crippen molar-refractivity contribution in [2.45, 2.75) is 17.8 Å². The summed E-state index contributed by atoms with van der Waals surface area (Å²) < 4.78 is 5.56. The van der Waals surface area contributed by atoms with E-state index in [0.717, 1.165) is 22.4 Å². The second-order valence-corrected chi connectivity index (χ2v) is 4.65. The first kappa shape index (κ1) is 11.3. The Labute approximate surface area is 101 Å². The van der Waals surface area contributed by atoms with Gasteiger partial charge in [-0.15, -0.1) is 10.2 Å². The maximum atomic E-state index is 4.07. The van der Waals surface area contributed by atoms with Crippen molar-refractivity contribution >= 4 is 28.3 Å². The molecule has 2 aromatic rings. The quantitative estimate of drug-likeness (QED) is 0.793. The van der Waals surface area contributed by atoms with E-state index >= 15 is 0 Å². The van der Waals surface area contributed by atoms with Crippen LogP contribution in [0.4, 0.5) is 5.00 Å². The van der Waals surface area contributed by atoms with Crippen LogP contribution in [0.5, 0.6) is 0 Å². The minimum Gasteiger partial charge on any atom is -0.374 e. The number of aryl methyl sites for hydroxylation is 1. The first-order chi connectivity index (χ1) is 7.81. The largest absolute Gasteiger partial charge is 0.374 e. The lowest BCUT2D eigenvalue weighted by Gasteiger charge is -2.00. The Balaban J connectivity index is 1.99. The third kappa shape index (κ3) is 2.47. The molecule has 0 atom stereocenters. The van der Waals surface area contributed by atoms with E-state index in [1.165, 1.54) is 11.5 Å². The molecule has 0 aliphatic rings. The van der Waals surface area contributed by atoms with E-state index in [4.69, 9.17) is 0 Å². The molecule has 2 heterocycles. The van der Waals surface area contributed by atoms with E-state index in [1.807, 2.05) is 14.0 Å².